The maximum absolute atomic E-state index is 17.2. The van der Waals surface area contributed by atoms with E-state index in [1.54, 1.807) is 68.0 Å². The van der Waals surface area contributed by atoms with Crippen molar-refractivity contribution in [2.45, 2.75) is 427 Å². The standard InChI is InChI=1S/C114H171O7PS6/c1-7-13-19-25-31-37-43-49-55-61-85-116-97-70-67-94(91-100(97)119-88-64-58-52-46-40-34-28-22-16-10-4)103-73-76-106(123-103)109-79-82-112(126-109)122(115,113-83-80-110(127-113)107-77-74-104(124-107)95-68-71-98(117-86-62-56-50-44-38-32-26-20-14-8-2)101(92-95)120-89-65-59-53-47-41-35-29-23-17-11-5)114-84-81-111(128-114)108-78-75-105(125-108)96-69-72-99(118-87-63-57-51-45-39-33-27-21-15-9-3)102(93-96)121-90-66-60-54-48-42-36-30-24-18-12-6/h67-84,91-93H,7-66,85-90H2,1-6H3. The average Bonchev–Trinajstić information content (AvgIpc) is 1.59. The summed E-state index contributed by atoms with van der Waals surface area (Å²) in [7, 11) is -3.44. The molecule has 0 saturated heterocycles. The van der Waals surface area contributed by atoms with Crippen LogP contribution in [0.15, 0.2) is 127 Å². The molecular weight excluding hydrogens is 1700 g/mol. The monoisotopic (exact) mass is 1880 g/mol. The molecule has 0 bridgehead atoms. The highest BCUT2D eigenvalue weighted by atomic mass is 32.1. The van der Waals surface area contributed by atoms with Gasteiger partial charge in [0, 0.05) is 43.9 Å². The molecule has 0 radical (unpaired) electrons. The summed E-state index contributed by atoms with van der Waals surface area (Å²) in [5.41, 5.74) is 3.38. The maximum Gasteiger partial charge on any atom is 0.199 e. The molecule has 0 amide bonds. The van der Waals surface area contributed by atoms with Gasteiger partial charge in [-0.2, -0.15) is 0 Å². The van der Waals surface area contributed by atoms with Gasteiger partial charge in [-0.3, -0.25) is 0 Å². The lowest BCUT2D eigenvalue weighted by Gasteiger charge is -2.14. The van der Waals surface area contributed by atoms with Crippen molar-refractivity contribution >= 4 is 89.0 Å². The van der Waals surface area contributed by atoms with Crippen molar-refractivity contribution in [2.24, 2.45) is 0 Å². The molecule has 9 rings (SSSR count). The van der Waals surface area contributed by atoms with E-state index >= 15 is 4.57 Å². The summed E-state index contributed by atoms with van der Waals surface area (Å²) in [6.07, 6.45) is 77.6. The third-order valence-electron chi connectivity index (χ3n) is 25.5. The van der Waals surface area contributed by atoms with Crippen LogP contribution in [0.1, 0.15) is 427 Å². The smallest absolute Gasteiger partial charge is 0.199 e. The van der Waals surface area contributed by atoms with Gasteiger partial charge in [-0.15, -0.1) is 68.0 Å². The first-order chi connectivity index (χ1) is 63.3. The number of hydrogen-bond donors (Lipinski definition) is 0. The fraction of sp³-hybridized carbons (Fsp3) is 0.632. The molecule has 0 aliphatic heterocycles. The van der Waals surface area contributed by atoms with E-state index in [9.17, 15) is 0 Å². The minimum atomic E-state index is -3.44. The number of rotatable bonds is 81. The van der Waals surface area contributed by atoms with Crippen molar-refractivity contribution in [3.8, 4) is 95.1 Å². The van der Waals surface area contributed by atoms with Crippen molar-refractivity contribution in [3.63, 3.8) is 0 Å². The molecule has 7 nitrogen and oxygen atoms in total. The van der Waals surface area contributed by atoms with Crippen molar-refractivity contribution in [2.75, 3.05) is 39.6 Å². The fourth-order valence-electron chi connectivity index (χ4n) is 17.4. The lowest BCUT2D eigenvalue weighted by Crippen LogP contribution is -2.18. The molecule has 0 aliphatic rings. The van der Waals surface area contributed by atoms with Crippen LogP contribution in [0.3, 0.4) is 0 Å². The predicted octanol–water partition coefficient (Wildman–Crippen LogP) is 39.5. The van der Waals surface area contributed by atoms with E-state index in [1.807, 2.05) is 0 Å². The summed E-state index contributed by atoms with van der Waals surface area (Å²) < 4.78 is 59.9. The van der Waals surface area contributed by atoms with Gasteiger partial charge in [-0.1, -0.05) is 388 Å². The summed E-state index contributed by atoms with van der Waals surface area (Å²) >= 11 is 10.5. The molecule has 128 heavy (non-hydrogen) atoms. The lowest BCUT2D eigenvalue weighted by atomic mass is 10.1. The Hall–Kier alpha value is -5.11. The van der Waals surface area contributed by atoms with Gasteiger partial charge < -0.3 is 33.0 Å². The number of unbranched alkanes of at least 4 members (excludes halogenated alkanes) is 54. The first-order valence-corrected chi connectivity index (χ1v) is 59.3. The van der Waals surface area contributed by atoms with E-state index in [-0.39, 0.29) is 0 Å². The van der Waals surface area contributed by atoms with Gasteiger partial charge in [0.15, 0.2) is 41.6 Å². The topological polar surface area (TPSA) is 72.5 Å². The van der Waals surface area contributed by atoms with Crippen LogP contribution in [0, 0.1) is 0 Å². The van der Waals surface area contributed by atoms with E-state index in [0.29, 0.717) is 39.6 Å². The van der Waals surface area contributed by atoms with E-state index in [1.165, 1.54) is 361 Å². The number of benzene rings is 3. The van der Waals surface area contributed by atoms with Crippen LogP contribution < -0.4 is 42.3 Å². The molecule has 3 aromatic carbocycles. The quantitative estimate of drug-likeness (QED) is 0.0278. The summed E-state index contributed by atoms with van der Waals surface area (Å²) in [5, 5.41) is 0. The molecule has 9 aromatic rings. The van der Waals surface area contributed by atoms with Crippen molar-refractivity contribution in [1.29, 1.82) is 0 Å². The molecule has 0 spiro atoms. The molecule has 0 atom stereocenters. The van der Waals surface area contributed by atoms with Gasteiger partial charge in [-0.25, -0.2) is 0 Å². The largest absolute Gasteiger partial charge is 0.490 e. The highest BCUT2D eigenvalue weighted by Crippen LogP contribution is 2.53. The Morgan fingerprint density at radius 2 is 0.328 bits per heavy atom. The Bertz CT molecular complexity index is 3890. The second kappa shape index (κ2) is 67.1. The maximum atomic E-state index is 17.2. The average molecular weight is 1880 g/mol. The normalized spacial score (nSPS) is 11.7. The Balaban J connectivity index is 0.955. The highest BCUT2D eigenvalue weighted by molar-refractivity contribution is 7.95. The van der Waals surface area contributed by atoms with Crippen LogP contribution in [-0.2, 0) is 4.57 Å². The van der Waals surface area contributed by atoms with Crippen LogP contribution in [0.5, 0.6) is 34.5 Å². The molecule has 6 heterocycles. The summed E-state index contributed by atoms with van der Waals surface area (Å²) in [5.74, 6) is 5.06. The number of ether oxygens (including phenoxy) is 6. The van der Waals surface area contributed by atoms with Gasteiger partial charge >= 0.3 is 0 Å². The minimum Gasteiger partial charge on any atom is -0.490 e. The molecule has 0 unspecified atom stereocenters. The van der Waals surface area contributed by atoms with Gasteiger partial charge in [0.25, 0.3) is 0 Å². The summed E-state index contributed by atoms with van der Waals surface area (Å²) in [6, 6.07) is 46.5. The minimum absolute atomic E-state index is 0.684. The fourth-order valence-corrected chi connectivity index (χ4v) is 29.1. The second-order valence-electron chi connectivity index (χ2n) is 36.7. The molecule has 0 aliphatic carbocycles. The third kappa shape index (κ3) is 40.2. The molecule has 710 valence electrons. The van der Waals surface area contributed by atoms with Crippen molar-refractivity contribution in [1.82, 2.24) is 0 Å². The van der Waals surface area contributed by atoms with E-state index in [0.717, 1.165) is 133 Å². The van der Waals surface area contributed by atoms with Crippen LogP contribution in [-0.4, -0.2) is 39.6 Å². The van der Waals surface area contributed by atoms with Gasteiger partial charge in [0.05, 0.1) is 53.5 Å². The zero-order valence-corrected chi connectivity index (χ0v) is 86.8. The van der Waals surface area contributed by atoms with Crippen LogP contribution in [0.2, 0.25) is 0 Å². The molecule has 0 saturated carbocycles. The van der Waals surface area contributed by atoms with E-state index in [4.69, 9.17) is 28.4 Å². The first kappa shape index (κ1) is 107. The molecule has 14 heteroatoms. The molecule has 0 N–H and O–H groups in total. The van der Waals surface area contributed by atoms with Crippen LogP contribution in [0.25, 0.3) is 60.6 Å². The third-order valence-corrected chi connectivity index (χ3v) is 37.6. The van der Waals surface area contributed by atoms with Crippen molar-refractivity contribution in [3.05, 3.63) is 127 Å². The Morgan fingerprint density at radius 3 is 0.523 bits per heavy atom. The Labute approximate surface area is 804 Å². The first-order valence-electron chi connectivity index (χ1n) is 52.7. The van der Waals surface area contributed by atoms with Gasteiger partial charge in [0.2, 0.25) is 0 Å². The molecular formula is C114H171O7PS6. The highest BCUT2D eigenvalue weighted by Gasteiger charge is 2.36. The van der Waals surface area contributed by atoms with E-state index < -0.39 is 7.14 Å². The SMILES string of the molecule is CCCCCCCCCCCCOc1ccc(-c2ccc(-c3ccc(P(=O)(c4ccc(-c5ccc(-c6ccc(OCCCCCCCCCCCC)c(OCCCCCCCCCCCC)c6)s5)s4)c4ccc(-c5ccc(-c6ccc(OCCCCCCCCCCCC)c(OCCCCCCCCCCCC)c6)s5)s4)s3)s2)cc1OCCCCCCCCCCCC. The van der Waals surface area contributed by atoms with Crippen molar-refractivity contribution < 1.29 is 33.0 Å². The van der Waals surface area contributed by atoms with Gasteiger partial charge in [-0.05, 0) is 183 Å². The zero-order chi connectivity index (χ0) is 89.6. The Morgan fingerprint density at radius 1 is 0.172 bits per heavy atom. The Kier molecular flexibility index (Phi) is 55.9. The second-order valence-corrected chi connectivity index (χ2v) is 46.8. The predicted molar refractivity (Wildman–Crippen MR) is 570 cm³/mol. The van der Waals surface area contributed by atoms with Crippen LogP contribution in [0.4, 0.5) is 0 Å². The molecule has 6 aromatic heterocycles. The number of thiophene rings is 6. The van der Waals surface area contributed by atoms with Crippen LogP contribution >= 0.6 is 75.2 Å². The number of hydrogen-bond acceptors (Lipinski definition) is 13. The van der Waals surface area contributed by atoms with Gasteiger partial charge in [0.1, 0.15) is 0 Å². The zero-order valence-electron chi connectivity index (χ0n) is 81.0. The lowest BCUT2D eigenvalue weighted by molar-refractivity contribution is 0.258. The summed E-state index contributed by atoms with van der Waals surface area (Å²) in [6.45, 7) is 17.9. The summed E-state index contributed by atoms with van der Waals surface area (Å²) in [4.78, 5) is 10.4. The van der Waals surface area contributed by atoms with E-state index in [2.05, 4.69) is 169 Å². The molecule has 0 fully saturated rings.